The number of rotatable bonds is 5. The van der Waals surface area contributed by atoms with Gasteiger partial charge < -0.3 is 5.32 Å². The lowest BCUT2D eigenvalue weighted by atomic mass is 9.87. The smallest absolute Gasteiger partial charge is 0.263 e. The Kier molecular flexibility index (Phi) is 5.77. The van der Waals surface area contributed by atoms with Gasteiger partial charge in [-0.2, -0.15) is 19.9 Å². The number of hydrogen-bond donors (Lipinski definition) is 2. The van der Waals surface area contributed by atoms with E-state index in [2.05, 4.69) is 20.5 Å². The van der Waals surface area contributed by atoms with Gasteiger partial charge in [0.2, 0.25) is 11.9 Å². The monoisotopic (exact) mass is 459 g/mol. The highest BCUT2D eigenvalue weighted by molar-refractivity contribution is 5.90. The third-order valence-corrected chi connectivity index (χ3v) is 6.73. The van der Waals surface area contributed by atoms with Gasteiger partial charge in [0, 0.05) is 12.5 Å². The summed E-state index contributed by atoms with van der Waals surface area (Å²) in [7, 11) is 0. The number of nitrogens with one attached hydrogen (secondary N) is 2. The van der Waals surface area contributed by atoms with Crippen molar-refractivity contribution in [3.05, 3.63) is 57.6 Å². The van der Waals surface area contributed by atoms with Gasteiger partial charge >= 0.3 is 0 Å². The first-order chi connectivity index (χ1) is 16.4. The Labute approximate surface area is 197 Å². The lowest BCUT2D eigenvalue weighted by Gasteiger charge is -2.20. The van der Waals surface area contributed by atoms with E-state index in [0.717, 1.165) is 29.7 Å². The third kappa shape index (κ3) is 4.13. The Morgan fingerprint density at radius 3 is 2.74 bits per heavy atom. The Balaban J connectivity index is 1.52. The van der Waals surface area contributed by atoms with Crippen LogP contribution in [-0.4, -0.2) is 35.4 Å². The molecule has 1 aliphatic rings. The van der Waals surface area contributed by atoms with Crippen LogP contribution in [0.15, 0.2) is 35.3 Å². The molecule has 0 aliphatic heterocycles. The summed E-state index contributed by atoms with van der Waals surface area (Å²) < 4.78 is 3.16. The molecule has 0 bridgehead atoms. The minimum atomic E-state index is -0.316. The van der Waals surface area contributed by atoms with Crippen LogP contribution in [0.5, 0.6) is 0 Å². The predicted octanol–water partition coefficient (Wildman–Crippen LogP) is 4.13. The Morgan fingerprint density at radius 1 is 1.15 bits per heavy atom. The summed E-state index contributed by atoms with van der Waals surface area (Å²) in [6.07, 6.45) is 7.84. The highest BCUT2D eigenvalue weighted by Crippen LogP contribution is 2.27. The van der Waals surface area contributed by atoms with Gasteiger partial charge in [-0.05, 0) is 56.7 Å². The molecule has 2 N–H and O–H groups in total. The molecule has 3 aromatic heterocycles. The largest absolute Gasteiger partial charge is 0.310 e. The number of carbonyl (C=O) groups excluding carboxylic acids is 1. The van der Waals surface area contributed by atoms with E-state index in [4.69, 9.17) is 4.98 Å². The summed E-state index contributed by atoms with van der Waals surface area (Å²) in [6.45, 7) is 5.89. The zero-order valence-electron chi connectivity index (χ0n) is 19.8. The van der Waals surface area contributed by atoms with Gasteiger partial charge in [0.25, 0.3) is 5.56 Å². The molecule has 4 aromatic rings. The molecule has 0 radical (unpaired) electrons. The number of fused-ring (bicyclic) bond motifs is 1. The van der Waals surface area contributed by atoms with E-state index in [-0.39, 0.29) is 17.4 Å². The fourth-order valence-electron chi connectivity index (χ4n) is 4.75. The van der Waals surface area contributed by atoms with Crippen molar-refractivity contribution >= 4 is 22.8 Å². The van der Waals surface area contributed by atoms with Crippen LogP contribution in [0.25, 0.3) is 22.7 Å². The maximum atomic E-state index is 12.9. The molecule has 1 saturated carbocycles. The second-order valence-electron chi connectivity index (χ2n) is 9.24. The lowest BCUT2D eigenvalue weighted by Crippen LogP contribution is -2.21. The number of aromatic amines is 1. The molecule has 0 unspecified atom stereocenters. The highest BCUT2D eigenvalue weighted by Gasteiger charge is 2.20. The van der Waals surface area contributed by atoms with Crippen LogP contribution < -0.4 is 10.9 Å². The first-order valence-electron chi connectivity index (χ1n) is 11.8. The maximum absolute atomic E-state index is 12.9. The quantitative estimate of drug-likeness (QED) is 0.466. The van der Waals surface area contributed by atoms with Crippen LogP contribution in [0.1, 0.15) is 55.3 Å². The lowest BCUT2D eigenvalue weighted by molar-refractivity contribution is -0.117. The Bertz CT molecular complexity index is 1420. The first kappa shape index (κ1) is 22.1. The average Bonchev–Trinajstić information content (AvgIpc) is 3.40. The second kappa shape index (κ2) is 8.89. The van der Waals surface area contributed by atoms with Crippen molar-refractivity contribution in [1.29, 1.82) is 0 Å². The molecule has 1 aromatic carbocycles. The number of nitrogens with zero attached hydrogens (tertiary/aromatic N) is 5. The Morgan fingerprint density at radius 2 is 1.94 bits per heavy atom. The van der Waals surface area contributed by atoms with Gasteiger partial charge in [0.1, 0.15) is 11.2 Å². The van der Waals surface area contributed by atoms with Crippen LogP contribution in [0.3, 0.4) is 0 Å². The molecule has 0 spiro atoms. The van der Waals surface area contributed by atoms with Crippen LogP contribution in [0.4, 0.5) is 5.82 Å². The zero-order valence-corrected chi connectivity index (χ0v) is 19.8. The number of H-pyrrole nitrogens is 1. The summed E-state index contributed by atoms with van der Waals surface area (Å²) >= 11 is 0. The van der Waals surface area contributed by atoms with Crippen molar-refractivity contribution in [2.24, 2.45) is 5.92 Å². The number of aryl methyl sites for hydroxylation is 2. The van der Waals surface area contributed by atoms with Crippen molar-refractivity contribution in [2.45, 2.75) is 59.3 Å². The van der Waals surface area contributed by atoms with Crippen molar-refractivity contribution in [3.63, 3.8) is 0 Å². The average molecular weight is 460 g/mol. The zero-order chi connectivity index (χ0) is 23.8. The Hall–Kier alpha value is -3.75. The van der Waals surface area contributed by atoms with Gasteiger partial charge in [-0.3, -0.25) is 14.6 Å². The van der Waals surface area contributed by atoms with Crippen LogP contribution in [-0.2, 0) is 4.79 Å². The molecule has 1 aliphatic carbocycles. The molecule has 176 valence electrons. The van der Waals surface area contributed by atoms with Crippen LogP contribution >= 0.6 is 0 Å². The topological polar surface area (TPSA) is 110 Å². The van der Waals surface area contributed by atoms with Gasteiger partial charge in [-0.1, -0.05) is 31.4 Å². The van der Waals surface area contributed by atoms with Crippen molar-refractivity contribution in [2.75, 3.05) is 5.32 Å². The molecule has 5 rings (SSSR count). The molecule has 1 amide bonds. The van der Waals surface area contributed by atoms with E-state index in [1.807, 2.05) is 39.0 Å². The molecular formula is C25H29N7O2. The molecule has 0 atom stereocenters. The van der Waals surface area contributed by atoms with E-state index < -0.39 is 0 Å². The molecule has 3 heterocycles. The molecule has 9 heteroatoms. The highest BCUT2D eigenvalue weighted by atomic mass is 16.1. The van der Waals surface area contributed by atoms with Gasteiger partial charge in [0.05, 0.1) is 17.6 Å². The van der Waals surface area contributed by atoms with Gasteiger partial charge in [-0.15, -0.1) is 0 Å². The van der Waals surface area contributed by atoms with Crippen molar-refractivity contribution < 1.29 is 4.79 Å². The number of hydrogen-bond acceptors (Lipinski definition) is 5. The first-order valence-corrected chi connectivity index (χ1v) is 11.8. The number of aromatic nitrogens is 6. The number of carbonyl (C=O) groups is 1. The fraction of sp³-hybridized carbons (Fsp3) is 0.400. The minimum absolute atomic E-state index is 0.0445. The fourth-order valence-corrected chi connectivity index (χ4v) is 4.75. The van der Waals surface area contributed by atoms with E-state index in [1.54, 1.807) is 10.7 Å². The second-order valence-corrected chi connectivity index (χ2v) is 9.24. The number of anilines is 1. The van der Waals surface area contributed by atoms with E-state index in [1.165, 1.54) is 30.1 Å². The molecule has 0 saturated heterocycles. The van der Waals surface area contributed by atoms with Crippen molar-refractivity contribution in [3.8, 4) is 11.6 Å². The molecule has 9 nitrogen and oxygen atoms in total. The van der Waals surface area contributed by atoms with E-state index in [9.17, 15) is 9.59 Å². The van der Waals surface area contributed by atoms with Gasteiger partial charge in [-0.25, -0.2) is 4.68 Å². The molecule has 1 fully saturated rings. The summed E-state index contributed by atoms with van der Waals surface area (Å²) in [5.74, 6) is 1.09. The number of amides is 1. The summed E-state index contributed by atoms with van der Waals surface area (Å²) in [5, 5.41) is 12.3. The molecular weight excluding hydrogens is 430 g/mol. The van der Waals surface area contributed by atoms with E-state index in [0.29, 0.717) is 34.9 Å². The summed E-state index contributed by atoms with van der Waals surface area (Å²) in [6, 6.07) is 7.72. The van der Waals surface area contributed by atoms with Gasteiger partial charge in [0.15, 0.2) is 5.65 Å². The standard InChI is InChI=1S/C25H29N7O2/c1-15-8-7-11-20(17(15)3)31-23-19(14-26-31)24(34)29-25(28-23)32-21(12-16(2)30-32)27-22(33)13-18-9-5-4-6-10-18/h7-8,11-12,14,18H,4-6,9-10,13H2,1-3H3,(H,27,33)(H,28,29,34). The van der Waals surface area contributed by atoms with Crippen LogP contribution in [0, 0.1) is 26.7 Å². The minimum Gasteiger partial charge on any atom is -0.310 e. The SMILES string of the molecule is Cc1cc(NC(=O)CC2CCCCC2)n(-c2nc3c(cnn3-c3cccc(C)c3C)c(=O)[nH]2)n1. The predicted molar refractivity (Wildman–Crippen MR) is 131 cm³/mol. The summed E-state index contributed by atoms with van der Waals surface area (Å²) in [4.78, 5) is 33.2. The van der Waals surface area contributed by atoms with Crippen molar-refractivity contribution in [1.82, 2.24) is 29.5 Å². The third-order valence-electron chi connectivity index (χ3n) is 6.73. The normalized spacial score (nSPS) is 14.6. The van der Waals surface area contributed by atoms with E-state index >= 15 is 0 Å². The number of benzene rings is 1. The van der Waals surface area contributed by atoms with Crippen LogP contribution in [0.2, 0.25) is 0 Å². The molecule has 34 heavy (non-hydrogen) atoms. The maximum Gasteiger partial charge on any atom is 0.263 e. The summed E-state index contributed by atoms with van der Waals surface area (Å²) in [5.41, 5.74) is 3.86.